The van der Waals surface area contributed by atoms with E-state index in [4.69, 9.17) is 10.5 Å². The van der Waals surface area contributed by atoms with Crippen molar-refractivity contribution in [2.75, 3.05) is 18.0 Å². The van der Waals surface area contributed by atoms with Crippen LogP contribution in [0.5, 0.6) is 5.75 Å². The molecule has 0 aromatic heterocycles. The molecule has 0 aliphatic carbocycles. The molecule has 0 unspecified atom stereocenters. The second-order valence-corrected chi connectivity index (χ2v) is 6.17. The van der Waals surface area contributed by atoms with Crippen molar-refractivity contribution >= 4 is 11.4 Å². The van der Waals surface area contributed by atoms with E-state index in [1.54, 1.807) is 12.1 Å². The first-order valence-electron chi connectivity index (χ1n) is 8.70. The number of nitro groups is 1. The fourth-order valence-electron chi connectivity index (χ4n) is 3.36. The number of rotatable bonds is 5. The van der Waals surface area contributed by atoms with Gasteiger partial charge in [-0.3, -0.25) is 10.1 Å². The molecule has 2 aromatic rings. The summed E-state index contributed by atoms with van der Waals surface area (Å²) in [6.07, 6.45) is 0. The third kappa shape index (κ3) is 3.29. The first-order valence-corrected chi connectivity index (χ1v) is 8.70. The van der Waals surface area contributed by atoms with Crippen molar-refractivity contribution in [3.8, 4) is 11.8 Å². The Morgan fingerprint density at radius 3 is 2.44 bits per heavy atom. The zero-order valence-corrected chi connectivity index (χ0v) is 15.2. The summed E-state index contributed by atoms with van der Waals surface area (Å²) in [6, 6.07) is 14.1. The molecule has 3 rings (SSSR count). The minimum atomic E-state index is -0.451. The summed E-state index contributed by atoms with van der Waals surface area (Å²) in [6.45, 7) is 5.86. The summed E-state index contributed by atoms with van der Waals surface area (Å²) in [4.78, 5) is 12.7. The highest BCUT2D eigenvalue weighted by Gasteiger charge is 2.31. The summed E-state index contributed by atoms with van der Waals surface area (Å²) in [5, 5.41) is 20.5. The SMILES string of the molecule is CCN(CC)c1ccc2c(c1)OC(N)=C(C#N)[C@H]2c1ccc([N+](=O)[O-])cc1. The van der Waals surface area contributed by atoms with E-state index in [1.807, 2.05) is 18.2 Å². The minimum Gasteiger partial charge on any atom is -0.440 e. The van der Waals surface area contributed by atoms with Crippen molar-refractivity contribution < 1.29 is 9.66 Å². The van der Waals surface area contributed by atoms with Crippen molar-refractivity contribution in [2.45, 2.75) is 19.8 Å². The Kier molecular flexibility index (Phi) is 4.99. The van der Waals surface area contributed by atoms with Crippen molar-refractivity contribution in [3.05, 3.63) is 75.2 Å². The van der Waals surface area contributed by atoms with E-state index in [-0.39, 0.29) is 11.6 Å². The molecule has 0 amide bonds. The van der Waals surface area contributed by atoms with Crippen LogP contribution in [0.15, 0.2) is 53.9 Å². The monoisotopic (exact) mass is 364 g/mol. The highest BCUT2D eigenvalue weighted by atomic mass is 16.6. The van der Waals surface area contributed by atoms with E-state index in [0.717, 1.165) is 29.9 Å². The summed E-state index contributed by atoms with van der Waals surface area (Å²) in [7, 11) is 0. The van der Waals surface area contributed by atoms with Gasteiger partial charge in [0.25, 0.3) is 5.69 Å². The molecule has 0 bridgehead atoms. The van der Waals surface area contributed by atoms with Gasteiger partial charge in [-0.15, -0.1) is 0 Å². The first kappa shape index (κ1) is 18.3. The molecule has 1 heterocycles. The normalized spacial score (nSPS) is 15.5. The lowest BCUT2D eigenvalue weighted by atomic mass is 9.83. The van der Waals surface area contributed by atoms with Gasteiger partial charge in [-0.1, -0.05) is 18.2 Å². The lowest BCUT2D eigenvalue weighted by Gasteiger charge is -2.28. The summed E-state index contributed by atoms with van der Waals surface area (Å²) < 4.78 is 5.73. The molecule has 7 nitrogen and oxygen atoms in total. The predicted octanol–water partition coefficient (Wildman–Crippen LogP) is 3.66. The maximum Gasteiger partial charge on any atom is 0.269 e. The number of fused-ring (bicyclic) bond motifs is 1. The number of nitro benzene ring substituents is 1. The van der Waals surface area contributed by atoms with Gasteiger partial charge < -0.3 is 15.4 Å². The van der Waals surface area contributed by atoms with E-state index >= 15 is 0 Å². The molecule has 0 saturated carbocycles. The van der Waals surface area contributed by atoms with Gasteiger partial charge in [0.2, 0.25) is 5.88 Å². The zero-order chi connectivity index (χ0) is 19.6. The van der Waals surface area contributed by atoms with Gasteiger partial charge in [0, 0.05) is 42.5 Å². The van der Waals surface area contributed by atoms with E-state index in [0.29, 0.717) is 11.3 Å². The van der Waals surface area contributed by atoms with Gasteiger partial charge in [0.15, 0.2) is 0 Å². The lowest BCUT2D eigenvalue weighted by Crippen LogP contribution is -2.24. The maximum absolute atomic E-state index is 10.9. The quantitative estimate of drug-likeness (QED) is 0.641. The van der Waals surface area contributed by atoms with Gasteiger partial charge in [-0.25, -0.2) is 0 Å². The summed E-state index contributed by atoms with van der Waals surface area (Å²) >= 11 is 0. The molecule has 138 valence electrons. The number of hydrogen-bond donors (Lipinski definition) is 1. The van der Waals surface area contributed by atoms with E-state index in [2.05, 4.69) is 24.8 Å². The summed E-state index contributed by atoms with van der Waals surface area (Å²) in [5.74, 6) is 0.231. The van der Waals surface area contributed by atoms with E-state index < -0.39 is 10.8 Å². The number of benzene rings is 2. The fourth-order valence-corrected chi connectivity index (χ4v) is 3.36. The van der Waals surface area contributed by atoms with Crippen molar-refractivity contribution in [3.63, 3.8) is 0 Å². The molecular formula is C20H20N4O3. The van der Waals surface area contributed by atoms with Gasteiger partial charge in [-0.05, 0) is 25.5 Å². The number of ether oxygens (including phenoxy) is 1. The van der Waals surface area contributed by atoms with Gasteiger partial charge in [-0.2, -0.15) is 5.26 Å². The molecule has 7 heteroatoms. The average Bonchev–Trinajstić information content (AvgIpc) is 2.67. The van der Waals surface area contributed by atoms with E-state index in [9.17, 15) is 15.4 Å². The topological polar surface area (TPSA) is 105 Å². The Balaban J connectivity index is 2.10. The molecule has 0 saturated heterocycles. The van der Waals surface area contributed by atoms with E-state index in [1.165, 1.54) is 12.1 Å². The molecule has 2 aromatic carbocycles. The standard InChI is InChI=1S/C20H20N4O3/c1-3-23(4-2)15-9-10-16-18(11-15)27-20(22)17(12-21)19(16)13-5-7-14(8-6-13)24(25)26/h5-11,19H,3-4,22H2,1-2H3/t19-/m0/s1. The van der Waals surface area contributed by atoms with Crippen LogP contribution in [-0.2, 0) is 0 Å². The van der Waals surface area contributed by atoms with Crippen LogP contribution in [0, 0.1) is 21.4 Å². The molecule has 0 radical (unpaired) electrons. The predicted molar refractivity (Wildman–Crippen MR) is 102 cm³/mol. The Hall–Kier alpha value is -3.53. The van der Waals surface area contributed by atoms with Crippen molar-refractivity contribution in [1.29, 1.82) is 5.26 Å². The molecule has 0 fully saturated rings. The number of nitriles is 1. The molecule has 1 aliphatic rings. The van der Waals surface area contributed by atoms with Crippen LogP contribution in [0.3, 0.4) is 0 Å². The average molecular weight is 364 g/mol. The highest BCUT2D eigenvalue weighted by molar-refractivity contribution is 5.61. The Bertz CT molecular complexity index is 941. The fraction of sp³-hybridized carbons (Fsp3) is 0.250. The lowest BCUT2D eigenvalue weighted by molar-refractivity contribution is -0.384. The number of anilines is 1. The van der Waals surface area contributed by atoms with Crippen molar-refractivity contribution in [1.82, 2.24) is 0 Å². The van der Waals surface area contributed by atoms with Crippen LogP contribution in [0.2, 0.25) is 0 Å². The first-order chi connectivity index (χ1) is 13.0. The Morgan fingerprint density at radius 1 is 1.22 bits per heavy atom. The number of non-ortho nitro benzene ring substituents is 1. The number of nitrogens with two attached hydrogens (primary N) is 1. The molecule has 0 spiro atoms. The summed E-state index contributed by atoms with van der Waals surface area (Å²) in [5.41, 5.74) is 8.88. The van der Waals surface area contributed by atoms with Gasteiger partial charge in [0.1, 0.15) is 17.4 Å². The maximum atomic E-state index is 10.9. The number of nitrogens with zero attached hydrogens (tertiary/aromatic N) is 3. The van der Waals surface area contributed by atoms with Crippen LogP contribution in [0.4, 0.5) is 11.4 Å². The van der Waals surface area contributed by atoms with Crippen LogP contribution >= 0.6 is 0 Å². The van der Waals surface area contributed by atoms with Crippen LogP contribution in [0.1, 0.15) is 30.9 Å². The number of allylic oxidation sites excluding steroid dienone is 1. The highest BCUT2D eigenvalue weighted by Crippen LogP contribution is 2.43. The molecule has 1 aliphatic heterocycles. The molecule has 27 heavy (non-hydrogen) atoms. The Labute approximate surface area is 157 Å². The van der Waals surface area contributed by atoms with Crippen LogP contribution in [-0.4, -0.2) is 18.0 Å². The second kappa shape index (κ2) is 7.38. The third-order valence-electron chi connectivity index (χ3n) is 4.77. The molecule has 1 atom stereocenters. The zero-order valence-electron chi connectivity index (χ0n) is 15.2. The Morgan fingerprint density at radius 2 is 1.89 bits per heavy atom. The minimum absolute atomic E-state index is 0.00151. The molecule has 2 N–H and O–H groups in total. The smallest absolute Gasteiger partial charge is 0.269 e. The van der Waals surface area contributed by atoms with Gasteiger partial charge in [0.05, 0.1) is 10.8 Å². The van der Waals surface area contributed by atoms with Crippen LogP contribution < -0.4 is 15.4 Å². The largest absolute Gasteiger partial charge is 0.440 e. The van der Waals surface area contributed by atoms with Gasteiger partial charge >= 0.3 is 0 Å². The third-order valence-corrected chi connectivity index (χ3v) is 4.77. The second-order valence-electron chi connectivity index (χ2n) is 6.17. The van der Waals surface area contributed by atoms with Crippen LogP contribution in [0.25, 0.3) is 0 Å². The molecular weight excluding hydrogens is 344 g/mol. The number of hydrogen-bond acceptors (Lipinski definition) is 6. The van der Waals surface area contributed by atoms with Crippen molar-refractivity contribution in [2.24, 2.45) is 5.73 Å².